The van der Waals surface area contributed by atoms with Gasteiger partial charge in [0.1, 0.15) is 16.6 Å². The number of nitrogens with zero attached hydrogens (tertiary/aromatic N) is 2. The Hall–Kier alpha value is -1.56. The van der Waals surface area contributed by atoms with E-state index in [0.29, 0.717) is 38.9 Å². The molecule has 0 unspecified atom stereocenters. The highest BCUT2D eigenvalue weighted by Crippen LogP contribution is 2.36. The Morgan fingerprint density at radius 1 is 1.24 bits per heavy atom. The van der Waals surface area contributed by atoms with Crippen molar-refractivity contribution in [1.29, 1.82) is 0 Å². The van der Waals surface area contributed by atoms with Gasteiger partial charge >= 0.3 is 0 Å². The molecule has 3 N–H and O–H groups in total. The predicted molar refractivity (Wildman–Crippen MR) is 85.2 cm³/mol. The lowest BCUT2D eigenvalue weighted by Crippen LogP contribution is -2.13. The normalized spacial score (nSPS) is 10.8. The number of nitrogens with one attached hydrogen (secondary N) is 1. The lowest BCUT2D eigenvalue weighted by Gasteiger charge is -2.15. The maximum absolute atomic E-state index is 6.13. The van der Waals surface area contributed by atoms with Crippen LogP contribution in [0, 0.1) is 6.92 Å². The second-order valence-corrected chi connectivity index (χ2v) is 5.60. The molecule has 0 saturated carbocycles. The minimum Gasteiger partial charge on any atom is -0.437 e. The number of hydrazine groups is 1. The van der Waals surface area contributed by atoms with Crippen LogP contribution in [0.4, 0.5) is 5.82 Å². The summed E-state index contributed by atoms with van der Waals surface area (Å²) in [6.45, 7) is 5.79. The standard InChI is InChI=1S/C14H16Cl2N4O/c1-7(2)12-18-13(20-17)8(3)14(19-12)21-10-6-4-5-9(15)11(10)16/h4-7H,17H2,1-3H3,(H,18,19,20). The number of nitrogen functional groups attached to an aromatic ring is 1. The first-order chi connectivity index (χ1) is 9.93. The lowest BCUT2D eigenvalue weighted by atomic mass is 10.2. The Labute approximate surface area is 133 Å². The predicted octanol–water partition coefficient (Wildman–Crippen LogP) is 4.29. The van der Waals surface area contributed by atoms with E-state index in [4.69, 9.17) is 33.8 Å². The summed E-state index contributed by atoms with van der Waals surface area (Å²) in [6.07, 6.45) is 0. The minimum absolute atomic E-state index is 0.134. The molecule has 7 heteroatoms. The molecule has 0 aliphatic carbocycles. The molecular weight excluding hydrogens is 311 g/mol. The van der Waals surface area contributed by atoms with Gasteiger partial charge in [0, 0.05) is 5.92 Å². The van der Waals surface area contributed by atoms with E-state index in [9.17, 15) is 0 Å². The highest BCUT2D eigenvalue weighted by molar-refractivity contribution is 6.42. The third-order valence-electron chi connectivity index (χ3n) is 2.89. The zero-order valence-electron chi connectivity index (χ0n) is 11.9. The Bertz CT molecular complexity index is 662. The van der Waals surface area contributed by atoms with Gasteiger partial charge in [-0.1, -0.05) is 43.1 Å². The van der Waals surface area contributed by atoms with Crippen LogP contribution in [0.25, 0.3) is 0 Å². The summed E-state index contributed by atoms with van der Waals surface area (Å²) in [4.78, 5) is 8.76. The summed E-state index contributed by atoms with van der Waals surface area (Å²) >= 11 is 12.1. The molecule has 112 valence electrons. The first-order valence-corrected chi connectivity index (χ1v) is 7.16. The zero-order valence-corrected chi connectivity index (χ0v) is 13.5. The van der Waals surface area contributed by atoms with E-state index in [1.54, 1.807) is 18.2 Å². The molecule has 0 aliphatic heterocycles. The van der Waals surface area contributed by atoms with Crippen LogP contribution >= 0.6 is 23.2 Å². The summed E-state index contributed by atoms with van der Waals surface area (Å²) in [6, 6.07) is 5.17. The zero-order chi connectivity index (χ0) is 15.6. The number of nitrogens with two attached hydrogens (primary N) is 1. The molecule has 0 atom stereocenters. The largest absolute Gasteiger partial charge is 0.437 e. The van der Waals surface area contributed by atoms with Crippen LogP contribution in [0.1, 0.15) is 31.2 Å². The van der Waals surface area contributed by atoms with Crippen LogP contribution in [0.3, 0.4) is 0 Å². The minimum atomic E-state index is 0.134. The van der Waals surface area contributed by atoms with Gasteiger partial charge in [-0.3, -0.25) is 0 Å². The SMILES string of the molecule is Cc1c(NN)nc(C(C)C)nc1Oc1cccc(Cl)c1Cl. The van der Waals surface area contributed by atoms with Gasteiger partial charge in [0.25, 0.3) is 0 Å². The summed E-state index contributed by atoms with van der Waals surface area (Å²) in [5.41, 5.74) is 3.25. The molecule has 1 aromatic carbocycles. The fraction of sp³-hybridized carbons (Fsp3) is 0.286. The van der Waals surface area contributed by atoms with Crippen LogP contribution in [-0.2, 0) is 0 Å². The van der Waals surface area contributed by atoms with E-state index in [-0.39, 0.29) is 5.92 Å². The van der Waals surface area contributed by atoms with Crippen molar-refractivity contribution in [2.45, 2.75) is 26.7 Å². The Balaban J connectivity index is 2.48. The summed E-state index contributed by atoms with van der Waals surface area (Å²) in [5.74, 6) is 7.60. The number of rotatable bonds is 4. The van der Waals surface area contributed by atoms with Gasteiger partial charge in [0.05, 0.1) is 10.6 Å². The summed E-state index contributed by atoms with van der Waals surface area (Å²) < 4.78 is 5.79. The number of hydrogen-bond donors (Lipinski definition) is 2. The molecule has 1 heterocycles. The molecule has 5 nitrogen and oxygen atoms in total. The first-order valence-electron chi connectivity index (χ1n) is 6.41. The van der Waals surface area contributed by atoms with Gasteiger partial charge in [0.2, 0.25) is 5.88 Å². The molecule has 0 fully saturated rings. The molecule has 1 aromatic heterocycles. The second kappa shape index (κ2) is 6.47. The number of aromatic nitrogens is 2. The van der Waals surface area contributed by atoms with Crippen molar-refractivity contribution >= 4 is 29.0 Å². The number of hydrogen-bond acceptors (Lipinski definition) is 5. The average Bonchev–Trinajstić information content (AvgIpc) is 2.45. The summed E-state index contributed by atoms with van der Waals surface area (Å²) in [5, 5.41) is 0.757. The van der Waals surface area contributed by atoms with Crippen molar-refractivity contribution in [3.8, 4) is 11.6 Å². The van der Waals surface area contributed by atoms with Crippen LogP contribution in [0.15, 0.2) is 18.2 Å². The molecule has 0 amide bonds. The van der Waals surface area contributed by atoms with Crippen molar-refractivity contribution in [1.82, 2.24) is 9.97 Å². The molecule has 2 aromatic rings. The molecule has 0 aliphatic rings. The monoisotopic (exact) mass is 326 g/mol. The van der Waals surface area contributed by atoms with Gasteiger partial charge in [-0.2, -0.15) is 4.98 Å². The van der Waals surface area contributed by atoms with Crippen LogP contribution < -0.4 is 16.0 Å². The fourth-order valence-electron chi connectivity index (χ4n) is 1.68. The molecule has 2 rings (SSSR count). The van der Waals surface area contributed by atoms with E-state index in [1.807, 2.05) is 20.8 Å². The van der Waals surface area contributed by atoms with Crippen molar-refractivity contribution in [3.63, 3.8) is 0 Å². The molecule has 21 heavy (non-hydrogen) atoms. The highest BCUT2D eigenvalue weighted by atomic mass is 35.5. The van der Waals surface area contributed by atoms with Gasteiger partial charge < -0.3 is 10.2 Å². The molecule has 0 bridgehead atoms. The fourth-order valence-corrected chi connectivity index (χ4v) is 2.01. The van der Waals surface area contributed by atoms with E-state index in [1.165, 1.54) is 0 Å². The third-order valence-corrected chi connectivity index (χ3v) is 3.70. The van der Waals surface area contributed by atoms with Gasteiger partial charge in [-0.05, 0) is 19.1 Å². The number of anilines is 1. The van der Waals surface area contributed by atoms with Gasteiger partial charge in [-0.25, -0.2) is 10.8 Å². The number of benzene rings is 1. The molecular formula is C14H16Cl2N4O. The van der Waals surface area contributed by atoms with Crippen molar-refractivity contribution in [2.24, 2.45) is 5.84 Å². The topological polar surface area (TPSA) is 73.1 Å². The molecule has 0 saturated heterocycles. The third kappa shape index (κ3) is 3.37. The van der Waals surface area contributed by atoms with Crippen molar-refractivity contribution in [3.05, 3.63) is 39.6 Å². The smallest absolute Gasteiger partial charge is 0.227 e. The van der Waals surface area contributed by atoms with E-state index >= 15 is 0 Å². The second-order valence-electron chi connectivity index (χ2n) is 4.81. The van der Waals surface area contributed by atoms with E-state index in [2.05, 4.69) is 15.4 Å². The van der Waals surface area contributed by atoms with Crippen LogP contribution in [-0.4, -0.2) is 9.97 Å². The maximum Gasteiger partial charge on any atom is 0.227 e. The van der Waals surface area contributed by atoms with Crippen molar-refractivity contribution < 1.29 is 4.74 Å². The Morgan fingerprint density at radius 3 is 2.57 bits per heavy atom. The Morgan fingerprint density at radius 2 is 1.95 bits per heavy atom. The first kappa shape index (κ1) is 15.8. The van der Waals surface area contributed by atoms with Gasteiger partial charge in [-0.15, -0.1) is 0 Å². The number of halogens is 2. The highest BCUT2D eigenvalue weighted by Gasteiger charge is 2.16. The quantitative estimate of drug-likeness (QED) is 0.647. The Kier molecular flexibility index (Phi) is 4.88. The maximum atomic E-state index is 6.13. The molecule has 0 radical (unpaired) electrons. The van der Waals surface area contributed by atoms with E-state index < -0.39 is 0 Å². The van der Waals surface area contributed by atoms with Crippen LogP contribution in [0.5, 0.6) is 11.6 Å². The molecule has 0 spiro atoms. The average molecular weight is 327 g/mol. The lowest BCUT2D eigenvalue weighted by molar-refractivity contribution is 0.453. The summed E-state index contributed by atoms with van der Waals surface area (Å²) in [7, 11) is 0. The van der Waals surface area contributed by atoms with Crippen molar-refractivity contribution in [2.75, 3.05) is 5.43 Å². The van der Waals surface area contributed by atoms with Gasteiger partial charge in [0.15, 0.2) is 5.82 Å². The van der Waals surface area contributed by atoms with E-state index in [0.717, 1.165) is 0 Å². The van der Waals surface area contributed by atoms with Crippen LogP contribution in [0.2, 0.25) is 10.0 Å². The number of ether oxygens (including phenoxy) is 1.